The monoisotopic (exact) mass is 383 g/mol. The highest BCUT2D eigenvalue weighted by atomic mass is 16.5. The van der Waals surface area contributed by atoms with Crippen molar-refractivity contribution in [1.29, 1.82) is 5.26 Å². The summed E-state index contributed by atoms with van der Waals surface area (Å²) in [6.45, 7) is 6.60. The van der Waals surface area contributed by atoms with Gasteiger partial charge >= 0.3 is 11.9 Å². The summed E-state index contributed by atoms with van der Waals surface area (Å²) in [5, 5.41) is 11.4. The van der Waals surface area contributed by atoms with E-state index in [0.29, 0.717) is 22.5 Å². The second-order valence-corrected chi connectivity index (χ2v) is 6.07. The maximum Gasteiger partial charge on any atom is 0.355 e. The second-order valence-electron chi connectivity index (χ2n) is 6.07. The molecule has 0 radical (unpaired) electrons. The van der Waals surface area contributed by atoms with Crippen LogP contribution in [0.15, 0.2) is 24.3 Å². The van der Waals surface area contributed by atoms with Crippen molar-refractivity contribution in [3.8, 4) is 6.07 Å². The normalized spacial score (nSPS) is 11.2. The third-order valence-corrected chi connectivity index (χ3v) is 4.06. The molecule has 146 valence electrons. The van der Waals surface area contributed by atoms with Crippen LogP contribution in [0.25, 0.3) is 0 Å². The molecule has 1 aromatic heterocycles. The summed E-state index contributed by atoms with van der Waals surface area (Å²) in [5.41, 5.74) is 2.20. The van der Waals surface area contributed by atoms with Gasteiger partial charge in [-0.05, 0) is 57.5 Å². The van der Waals surface area contributed by atoms with E-state index in [1.807, 2.05) is 6.07 Å². The van der Waals surface area contributed by atoms with E-state index in [4.69, 9.17) is 14.7 Å². The number of esters is 2. The van der Waals surface area contributed by atoms with Crippen molar-refractivity contribution in [2.75, 3.05) is 11.9 Å². The highest BCUT2D eigenvalue weighted by Gasteiger charge is 2.26. The number of anilines is 1. The lowest BCUT2D eigenvalue weighted by atomic mass is 10.1. The Balaban J connectivity index is 2.07. The fraction of sp³-hybridized carbons (Fsp3) is 0.300. The number of amides is 1. The van der Waals surface area contributed by atoms with Gasteiger partial charge in [-0.1, -0.05) is 0 Å². The number of carbonyl (C=O) groups is 3. The Morgan fingerprint density at radius 3 is 2.39 bits per heavy atom. The van der Waals surface area contributed by atoms with Crippen molar-refractivity contribution < 1.29 is 23.9 Å². The van der Waals surface area contributed by atoms with E-state index in [1.54, 1.807) is 45.0 Å². The average Bonchev–Trinajstić information content (AvgIpc) is 2.96. The standard InChI is InChI=1S/C20H21N3O5/c1-5-27-19(25)16-11(2)17(22-12(16)3)20(26)28-13(4)18(24)23-15-8-6-14(10-21)7-9-15/h6-9,13,22H,5H2,1-4H3,(H,23,24)/t13-/m1/s1. The van der Waals surface area contributed by atoms with Crippen LogP contribution in [0, 0.1) is 25.2 Å². The minimum absolute atomic E-state index is 0.0959. The van der Waals surface area contributed by atoms with Crippen LogP contribution in [-0.4, -0.2) is 35.5 Å². The van der Waals surface area contributed by atoms with Gasteiger partial charge in [0, 0.05) is 11.4 Å². The molecular formula is C20H21N3O5. The number of benzene rings is 1. The number of hydrogen-bond acceptors (Lipinski definition) is 6. The number of hydrogen-bond donors (Lipinski definition) is 2. The number of nitrogens with zero attached hydrogens (tertiary/aromatic N) is 1. The Morgan fingerprint density at radius 1 is 1.18 bits per heavy atom. The van der Waals surface area contributed by atoms with Gasteiger partial charge in [0.1, 0.15) is 5.69 Å². The summed E-state index contributed by atoms with van der Waals surface area (Å²) < 4.78 is 10.2. The first-order chi connectivity index (χ1) is 13.3. The molecule has 2 rings (SSSR count). The Labute approximate surface area is 162 Å². The van der Waals surface area contributed by atoms with Crippen LogP contribution in [0.1, 0.15) is 51.5 Å². The van der Waals surface area contributed by atoms with Crippen molar-refractivity contribution in [2.24, 2.45) is 0 Å². The van der Waals surface area contributed by atoms with E-state index >= 15 is 0 Å². The Morgan fingerprint density at radius 2 is 1.82 bits per heavy atom. The molecule has 1 heterocycles. The fourth-order valence-corrected chi connectivity index (χ4v) is 2.61. The third-order valence-electron chi connectivity index (χ3n) is 4.06. The van der Waals surface area contributed by atoms with E-state index in [2.05, 4.69) is 10.3 Å². The van der Waals surface area contributed by atoms with Gasteiger partial charge in [0.15, 0.2) is 6.10 Å². The predicted octanol–water partition coefficient (Wildman–Crippen LogP) is 2.86. The maximum absolute atomic E-state index is 12.4. The molecule has 2 aromatic rings. The summed E-state index contributed by atoms with van der Waals surface area (Å²) in [4.78, 5) is 39.5. The van der Waals surface area contributed by atoms with Gasteiger partial charge in [0.05, 0.1) is 23.8 Å². The van der Waals surface area contributed by atoms with Gasteiger partial charge < -0.3 is 19.8 Å². The molecule has 1 aromatic carbocycles. The molecular weight excluding hydrogens is 362 g/mol. The number of H-pyrrole nitrogens is 1. The average molecular weight is 383 g/mol. The molecule has 1 amide bonds. The topological polar surface area (TPSA) is 121 Å². The van der Waals surface area contributed by atoms with E-state index in [9.17, 15) is 14.4 Å². The third kappa shape index (κ3) is 4.57. The molecule has 8 heteroatoms. The van der Waals surface area contributed by atoms with Gasteiger partial charge in [0.25, 0.3) is 5.91 Å². The van der Waals surface area contributed by atoms with Gasteiger partial charge in [-0.2, -0.15) is 5.26 Å². The van der Waals surface area contributed by atoms with Crippen molar-refractivity contribution >= 4 is 23.5 Å². The number of ether oxygens (including phenoxy) is 2. The first-order valence-corrected chi connectivity index (χ1v) is 8.66. The molecule has 1 atom stereocenters. The molecule has 0 spiro atoms. The molecule has 0 unspecified atom stereocenters. The molecule has 0 bridgehead atoms. The van der Waals surface area contributed by atoms with E-state index in [-0.39, 0.29) is 17.9 Å². The number of nitriles is 1. The largest absolute Gasteiger partial charge is 0.462 e. The zero-order valence-electron chi connectivity index (χ0n) is 16.1. The second kappa shape index (κ2) is 8.86. The van der Waals surface area contributed by atoms with E-state index in [0.717, 1.165) is 0 Å². The summed E-state index contributed by atoms with van der Waals surface area (Å²) in [7, 11) is 0. The van der Waals surface area contributed by atoms with Crippen LogP contribution < -0.4 is 5.32 Å². The van der Waals surface area contributed by atoms with Gasteiger partial charge in [0.2, 0.25) is 0 Å². The lowest BCUT2D eigenvalue weighted by Crippen LogP contribution is -2.30. The Kier molecular flexibility index (Phi) is 6.55. The predicted molar refractivity (Wildman–Crippen MR) is 101 cm³/mol. The number of rotatable bonds is 6. The quantitative estimate of drug-likeness (QED) is 0.740. The van der Waals surface area contributed by atoms with Crippen LogP contribution in [0.2, 0.25) is 0 Å². The summed E-state index contributed by atoms with van der Waals surface area (Å²) in [6, 6.07) is 8.27. The molecule has 0 saturated carbocycles. The molecule has 0 aliphatic heterocycles. The molecule has 8 nitrogen and oxygen atoms in total. The molecule has 28 heavy (non-hydrogen) atoms. The maximum atomic E-state index is 12.4. The Hall–Kier alpha value is -3.60. The minimum Gasteiger partial charge on any atom is -0.462 e. The highest BCUT2D eigenvalue weighted by Crippen LogP contribution is 2.20. The Bertz CT molecular complexity index is 938. The smallest absolute Gasteiger partial charge is 0.355 e. The van der Waals surface area contributed by atoms with Crippen molar-refractivity contribution in [3.05, 3.63) is 52.3 Å². The van der Waals surface area contributed by atoms with Crippen LogP contribution in [0.4, 0.5) is 5.69 Å². The van der Waals surface area contributed by atoms with Gasteiger partial charge in [-0.15, -0.1) is 0 Å². The first-order valence-electron chi connectivity index (χ1n) is 8.66. The molecule has 0 fully saturated rings. The van der Waals surface area contributed by atoms with Crippen LogP contribution in [0.3, 0.4) is 0 Å². The zero-order valence-corrected chi connectivity index (χ0v) is 16.1. The molecule has 0 aliphatic rings. The van der Waals surface area contributed by atoms with Crippen LogP contribution in [0.5, 0.6) is 0 Å². The number of aromatic nitrogens is 1. The van der Waals surface area contributed by atoms with Crippen molar-refractivity contribution in [3.63, 3.8) is 0 Å². The van der Waals surface area contributed by atoms with Crippen molar-refractivity contribution in [2.45, 2.75) is 33.8 Å². The van der Waals surface area contributed by atoms with Gasteiger partial charge in [-0.25, -0.2) is 9.59 Å². The van der Waals surface area contributed by atoms with Gasteiger partial charge in [-0.3, -0.25) is 4.79 Å². The summed E-state index contributed by atoms with van der Waals surface area (Å²) >= 11 is 0. The lowest BCUT2D eigenvalue weighted by molar-refractivity contribution is -0.123. The van der Waals surface area contributed by atoms with Crippen LogP contribution >= 0.6 is 0 Å². The molecule has 2 N–H and O–H groups in total. The summed E-state index contributed by atoms with van der Waals surface area (Å²) in [5.74, 6) is -1.80. The molecule has 0 saturated heterocycles. The van der Waals surface area contributed by atoms with Crippen LogP contribution in [-0.2, 0) is 14.3 Å². The number of aryl methyl sites for hydroxylation is 1. The van der Waals surface area contributed by atoms with E-state index < -0.39 is 23.9 Å². The highest BCUT2D eigenvalue weighted by molar-refractivity contribution is 6.00. The number of nitrogens with one attached hydrogen (secondary N) is 2. The number of aromatic amines is 1. The van der Waals surface area contributed by atoms with Crippen molar-refractivity contribution in [1.82, 2.24) is 4.98 Å². The lowest BCUT2D eigenvalue weighted by Gasteiger charge is -2.13. The van der Waals surface area contributed by atoms with E-state index in [1.165, 1.54) is 6.92 Å². The zero-order chi connectivity index (χ0) is 20.8. The minimum atomic E-state index is -1.07. The fourth-order valence-electron chi connectivity index (χ4n) is 2.61. The number of carbonyl (C=O) groups excluding carboxylic acids is 3. The summed E-state index contributed by atoms with van der Waals surface area (Å²) in [6.07, 6.45) is -1.07. The SMILES string of the molecule is CCOC(=O)c1c(C)[nH]c(C(=O)O[C@H](C)C(=O)Nc2ccc(C#N)cc2)c1C. The molecule has 0 aliphatic carbocycles. The first kappa shape index (κ1) is 20.7.